The average molecular weight is 609 g/mol. The SMILES string of the molecule is COC(=O)c1ccc2nc(CN3CC=C(C4OC(C)(c5ccc(C#N)cc5F)Oc5ccccc54)CC3)n(C[C@@H]3CCO3)c2c1. The molecule has 3 atom stereocenters. The van der Waals surface area contributed by atoms with E-state index in [0.29, 0.717) is 30.9 Å². The molecule has 9 nitrogen and oxygen atoms in total. The number of imidazole rings is 1. The number of nitriles is 1. The maximum Gasteiger partial charge on any atom is 0.337 e. The van der Waals surface area contributed by atoms with Crippen LogP contribution >= 0.6 is 0 Å². The van der Waals surface area contributed by atoms with Crippen molar-refractivity contribution in [2.24, 2.45) is 0 Å². The molecule has 0 N–H and O–H groups in total. The van der Waals surface area contributed by atoms with Crippen LogP contribution < -0.4 is 4.74 Å². The van der Waals surface area contributed by atoms with Crippen molar-refractivity contribution in [3.63, 3.8) is 0 Å². The van der Waals surface area contributed by atoms with Gasteiger partial charge in [-0.05, 0) is 60.9 Å². The molecule has 1 aromatic heterocycles. The van der Waals surface area contributed by atoms with E-state index in [-0.39, 0.29) is 23.2 Å². The molecule has 0 aliphatic carbocycles. The topological polar surface area (TPSA) is 98.8 Å². The standard InChI is InChI=1S/C35H33FN4O5/c1-35(27-9-7-22(19-37)17-28(27)36)44-31-6-4-3-5-26(31)33(45-35)23-11-14-39(15-12-23)21-32-38-29-10-8-24(34(41)42-2)18-30(29)40(32)20-25-13-16-43-25/h3-11,17-18,25,33H,12-16,20-21H2,1-2H3/t25-,33?,35?/m0/s1. The van der Waals surface area contributed by atoms with Gasteiger partial charge >= 0.3 is 5.97 Å². The zero-order chi connectivity index (χ0) is 31.1. The molecule has 1 saturated heterocycles. The summed E-state index contributed by atoms with van der Waals surface area (Å²) in [5, 5.41) is 9.21. The monoisotopic (exact) mass is 608 g/mol. The van der Waals surface area contributed by atoms with Crippen molar-refractivity contribution in [2.75, 3.05) is 26.8 Å². The molecule has 0 spiro atoms. The van der Waals surface area contributed by atoms with Gasteiger partial charge in [0.15, 0.2) is 0 Å². The molecule has 1 fully saturated rings. The van der Waals surface area contributed by atoms with Crippen LogP contribution in [0.1, 0.15) is 58.7 Å². The number of carbonyl (C=O) groups excluding carboxylic acids is 1. The van der Waals surface area contributed by atoms with Crippen molar-refractivity contribution in [1.82, 2.24) is 14.5 Å². The number of nitrogens with zero attached hydrogens (tertiary/aromatic N) is 4. The lowest BCUT2D eigenvalue weighted by Crippen LogP contribution is -2.40. The number of esters is 1. The maximum atomic E-state index is 15.2. The number of hydrogen-bond donors (Lipinski definition) is 0. The third-order valence-electron chi connectivity index (χ3n) is 8.89. The molecule has 7 rings (SSSR count). The molecule has 4 aromatic rings. The Hall–Kier alpha value is -4.56. The van der Waals surface area contributed by atoms with Crippen molar-refractivity contribution in [3.8, 4) is 11.8 Å². The Morgan fingerprint density at radius 2 is 2.04 bits per heavy atom. The van der Waals surface area contributed by atoms with Gasteiger partial charge in [-0.3, -0.25) is 4.90 Å². The number of aromatic nitrogens is 2. The summed E-state index contributed by atoms with van der Waals surface area (Å²) in [6, 6.07) is 19.5. The number of fused-ring (bicyclic) bond motifs is 2. The minimum Gasteiger partial charge on any atom is -0.465 e. The molecule has 10 heteroatoms. The van der Waals surface area contributed by atoms with Crippen LogP contribution in [0.3, 0.4) is 0 Å². The second-order valence-electron chi connectivity index (χ2n) is 11.8. The second kappa shape index (κ2) is 11.7. The van der Waals surface area contributed by atoms with Crippen molar-refractivity contribution in [2.45, 2.75) is 50.8 Å². The molecule has 0 bridgehead atoms. The smallest absolute Gasteiger partial charge is 0.337 e. The van der Waals surface area contributed by atoms with Gasteiger partial charge in [-0.1, -0.05) is 24.3 Å². The van der Waals surface area contributed by atoms with E-state index in [1.807, 2.05) is 42.5 Å². The molecule has 0 saturated carbocycles. The van der Waals surface area contributed by atoms with E-state index in [0.717, 1.165) is 54.0 Å². The van der Waals surface area contributed by atoms with E-state index < -0.39 is 17.7 Å². The molecular formula is C35H33FN4O5. The first-order chi connectivity index (χ1) is 21.8. The number of halogens is 1. The zero-order valence-electron chi connectivity index (χ0n) is 25.2. The average Bonchev–Trinajstić information content (AvgIpc) is 3.37. The number of rotatable bonds is 7. The van der Waals surface area contributed by atoms with Crippen LogP contribution in [-0.2, 0) is 33.1 Å². The Morgan fingerprint density at radius 3 is 2.76 bits per heavy atom. The normalized spacial score (nSPS) is 22.9. The largest absolute Gasteiger partial charge is 0.465 e. The predicted molar refractivity (Wildman–Crippen MR) is 163 cm³/mol. The highest BCUT2D eigenvalue weighted by atomic mass is 19.1. The van der Waals surface area contributed by atoms with Crippen LogP contribution in [0, 0.1) is 17.1 Å². The fraction of sp³-hybridized carbons (Fsp3) is 0.343. The van der Waals surface area contributed by atoms with Crippen LogP contribution in [0.25, 0.3) is 11.0 Å². The van der Waals surface area contributed by atoms with E-state index in [1.165, 1.54) is 13.2 Å². The molecule has 45 heavy (non-hydrogen) atoms. The number of methoxy groups -OCH3 is 1. The highest BCUT2D eigenvalue weighted by Gasteiger charge is 2.43. The van der Waals surface area contributed by atoms with E-state index in [1.54, 1.807) is 25.1 Å². The second-order valence-corrected chi connectivity index (χ2v) is 11.8. The number of carbonyl (C=O) groups is 1. The van der Waals surface area contributed by atoms with Gasteiger partial charge < -0.3 is 23.5 Å². The molecule has 3 aliphatic heterocycles. The summed E-state index contributed by atoms with van der Waals surface area (Å²) >= 11 is 0. The summed E-state index contributed by atoms with van der Waals surface area (Å²) in [4.78, 5) is 19.5. The third-order valence-corrected chi connectivity index (χ3v) is 8.89. The summed E-state index contributed by atoms with van der Waals surface area (Å²) in [5.74, 6) is -0.758. The summed E-state index contributed by atoms with van der Waals surface area (Å²) in [6.07, 6.45) is 3.61. The lowest BCUT2D eigenvalue weighted by molar-refractivity contribution is -0.220. The maximum absolute atomic E-state index is 15.2. The first-order valence-electron chi connectivity index (χ1n) is 15.1. The van der Waals surface area contributed by atoms with E-state index in [9.17, 15) is 10.1 Å². The quantitative estimate of drug-likeness (QED) is 0.193. The molecular weight excluding hydrogens is 575 g/mol. The van der Waals surface area contributed by atoms with Crippen LogP contribution in [-0.4, -0.2) is 53.3 Å². The first kappa shape index (κ1) is 29.2. The minimum absolute atomic E-state index is 0.122. The first-order valence-corrected chi connectivity index (χ1v) is 15.1. The third kappa shape index (κ3) is 5.48. The summed E-state index contributed by atoms with van der Waals surface area (Å²) in [6.45, 7) is 5.22. The van der Waals surface area contributed by atoms with E-state index in [4.69, 9.17) is 23.9 Å². The summed E-state index contributed by atoms with van der Waals surface area (Å²) < 4.78 is 40.9. The Kier molecular flexibility index (Phi) is 7.61. The van der Waals surface area contributed by atoms with Gasteiger partial charge in [-0.15, -0.1) is 0 Å². The van der Waals surface area contributed by atoms with Crippen LogP contribution in [0.5, 0.6) is 5.75 Å². The molecule has 0 amide bonds. The molecule has 3 aromatic carbocycles. The fourth-order valence-corrected chi connectivity index (χ4v) is 6.34. The van der Waals surface area contributed by atoms with Crippen molar-refractivity contribution in [1.29, 1.82) is 5.26 Å². The Labute approximate surface area is 260 Å². The molecule has 230 valence electrons. The van der Waals surface area contributed by atoms with Crippen LogP contribution in [0.2, 0.25) is 0 Å². The fourth-order valence-electron chi connectivity index (χ4n) is 6.34. The van der Waals surface area contributed by atoms with E-state index >= 15 is 4.39 Å². The predicted octanol–water partition coefficient (Wildman–Crippen LogP) is 5.78. The summed E-state index contributed by atoms with van der Waals surface area (Å²) in [7, 11) is 1.38. The van der Waals surface area contributed by atoms with Gasteiger partial charge in [0.05, 0.1) is 60.1 Å². The van der Waals surface area contributed by atoms with Gasteiger partial charge in [0.25, 0.3) is 0 Å². The Bertz CT molecular complexity index is 1860. The van der Waals surface area contributed by atoms with Gasteiger partial charge in [-0.25, -0.2) is 14.2 Å². The van der Waals surface area contributed by atoms with Crippen LogP contribution in [0.15, 0.2) is 72.3 Å². The molecule has 3 aliphatic rings. The number of para-hydroxylation sites is 1. The Morgan fingerprint density at radius 1 is 1.20 bits per heavy atom. The molecule has 2 unspecified atom stereocenters. The number of benzene rings is 3. The minimum atomic E-state index is -1.38. The van der Waals surface area contributed by atoms with Crippen molar-refractivity contribution in [3.05, 3.63) is 106 Å². The molecule has 4 heterocycles. The van der Waals surface area contributed by atoms with Crippen molar-refractivity contribution >= 4 is 17.0 Å². The van der Waals surface area contributed by atoms with Gasteiger partial charge in [0.2, 0.25) is 5.79 Å². The van der Waals surface area contributed by atoms with Gasteiger partial charge in [0.1, 0.15) is 23.5 Å². The van der Waals surface area contributed by atoms with Gasteiger partial charge in [-0.2, -0.15) is 5.26 Å². The number of ether oxygens (including phenoxy) is 4. The molecule has 0 radical (unpaired) electrons. The lowest BCUT2D eigenvalue weighted by atomic mass is 9.93. The van der Waals surface area contributed by atoms with Crippen LogP contribution in [0.4, 0.5) is 4.39 Å². The highest BCUT2D eigenvalue weighted by Crippen LogP contribution is 2.47. The summed E-state index contributed by atoms with van der Waals surface area (Å²) in [5.41, 5.74) is 4.67. The highest BCUT2D eigenvalue weighted by molar-refractivity contribution is 5.93. The lowest BCUT2D eigenvalue weighted by Gasteiger charge is -2.42. The number of hydrogen-bond acceptors (Lipinski definition) is 8. The van der Waals surface area contributed by atoms with Crippen molar-refractivity contribution < 1.29 is 28.1 Å². The Balaban J connectivity index is 1.15. The van der Waals surface area contributed by atoms with Gasteiger partial charge in [0, 0.05) is 32.2 Å². The zero-order valence-corrected chi connectivity index (χ0v) is 25.2. The van der Waals surface area contributed by atoms with E-state index in [2.05, 4.69) is 15.5 Å².